The van der Waals surface area contributed by atoms with Gasteiger partial charge in [0.05, 0.1) is 0 Å². The molecule has 0 aliphatic heterocycles. The number of ether oxygens (including phenoxy) is 1. The number of carbonyl (C=O) groups is 1. The van der Waals surface area contributed by atoms with Crippen LogP contribution in [-0.4, -0.2) is 11.4 Å². The van der Waals surface area contributed by atoms with Crippen LogP contribution in [0.15, 0.2) is 48.5 Å². The van der Waals surface area contributed by atoms with Crippen molar-refractivity contribution in [1.82, 2.24) is 0 Å². The second kappa shape index (κ2) is 8.03. The maximum atomic E-state index is 11.2. The summed E-state index contributed by atoms with van der Waals surface area (Å²) in [5.74, 6) is 7.66. The molecule has 2 heteroatoms. The molecule has 0 aliphatic rings. The molecule has 2 aromatic carbocycles. The summed E-state index contributed by atoms with van der Waals surface area (Å²) in [6, 6.07) is 16.0. The minimum atomic E-state index is -0.200. The second-order valence-corrected chi connectivity index (χ2v) is 7.42. The molecule has 0 aromatic heterocycles. The Morgan fingerprint density at radius 3 is 1.88 bits per heavy atom. The van der Waals surface area contributed by atoms with E-state index in [0.29, 0.717) is 6.42 Å². The predicted octanol–water partition coefficient (Wildman–Crippen LogP) is 5.35. The molecular weight excluding hydrogens is 308 g/mol. The van der Waals surface area contributed by atoms with Crippen molar-refractivity contribution in [2.45, 2.75) is 52.6 Å². The van der Waals surface area contributed by atoms with Crippen LogP contribution in [-0.2, 0) is 4.79 Å². The average Bonchev–Trinajstić information content (AvgIpc) is 2.52. The Balaban J connectivity index is 2.04. The molecule has 0 spiro atoms. The van der Waals surface area contributed by atoms with Crippen LogP contribution in [0, 0.1) is 11.8 Å². The minimum Gasteiger partial charge on any atom is -0.488 e. The molecule has 0 aliphatic carbocycles. The zero-order valence-corrected chi connectivity index (χ0v) is 15.7. The van der Waals surface area contributed by atoms with Gasteiger partial charge in [-0.3, -0.25) is 0 Å². The minimum absolute atomic E-state index is 0.200. The summed E-state index contributed by atoms with van der Waals surface area (Å²) in [6.45, 7) is 9.79. The van der Waals surface area contributed by atoms with Crippen LogP contribution >= 0.6 is 0 Å². The van der Waals surface area contributed by atoms with E-state index in [2.05, 4.69) is 30.9 Å². The molecule has 0 bridgehead atoms. The third-order valence-corrected chi connectivity index (χ3v) is 3.70. The first-order valence-electron chi connectivity index (χ1n) is 8.63. The van der Waals surface area contributed by atoms with Gasteiger partial charge < -0.3 is 9.53 Å². The Morgan fingerprint density at radius 1 is 0.960 bits per heavy atom. The molecule has 25 heavy (non-hydrogen) atoms. The molecular formula is C23H26O2. The second-order valence-electron chi connectivity index (χ2n) is 7.42. The fraction of sp³-hybridized carbons (Fsp3) is 0.348. The Bertz CT molecular complexity index is 766. The number of hydrogen-bond acceptors (Lipinski definition) is 2. The van der Waals surface area contributed by atoms with E-state index in [0.717, 1.165) is 16.9 Å². The maximum absolute atomic E-state index is 11.2. The highest BCUT2D eigenvalue weighted by atomic mass is 16.5. The van der Waals surface area contributed by atoms with E-state index >= 15 is 0 Å². The van der Waals surface area contributed by atoms with Crippen molar-refractivity contribution in [2.24, 2.45) is 0 Å². The van der Waals surface area contributed by atoms with Gasteiger partial charge in [0.25, 0.3) is 0 Å². The molecule has 2 rings (SSSR count). The van der Waals surface area contributed by atoms with Crippen molar-refractivity contribution in [3.8, 4) is 17.6 Å². The van der Waals surface area contributed by atoms with Crippen LogP contribution in [0.3, 0.4) is 0 Å². The smallest absolute Gasteiger partial charge is 0.130 e. The summed E-state index contributed by atoms with van der Waals surface area (Å²) in [7, 11) is 0. The lowest BCUT2D eigenvalue weighted by atomic mass is 9.95. The average molecular weight is 334 g/mol. The number of carbonyl (C=O) groups excluding carboxylic acids is 1. The predicted molar refractivity (Wildman–Crippen MR) is 103 cm³/mol. The van der Waals surface area contributed by atoms with Crippen molar-refractivity contribution in [3.05, 3.63) is 65.2 Å². The number of Topliss-reactive ketones (excluding diaryl/α,β-unsaturated/α-hetero) is 1. The third kappa shape index (κ3) is 6.47. The van der Waals surface area contributed by atoms with Crippen LogP contribution < -0.4 is 4.74 Å². The molecule has 0 N–H and O–H groups in total. The van der Waals surface area contributed by atoms with Crippen molar-refractivity contribution >= 4 is 5.78 Å². The number of hydrogen-bond donors (Lipinski definition) is 0. The lowest BCUT2D eigenvalue weighted by molar-refractivity contribution is -0.117. The van der Waals surface area contributed by atoms with E-state index in [1.165, 1.54) is 5.56 Å². The molecule has 0 saturated heterocycles. The zero-order chi connectivity index (χ0) is 18.4. The quantitative estimate of drug-likeness (QED) is 0.705. The highest BCUT2D eigenvalue weighted by Gasteiger charge is 2.11. The Labute approximate surface area is 151 Å². The molecule has 1 unspecified atom stereocenters. The van der Waals surface area contributed by atoms with Crippen LogP contribution in [0.4, 0.5) is 0 Å². The van der Waals surface area contributed by atoms with Crippen molar-refractivity contribution < 1.29 is 9.53 Å². The van der Waals surface area contributed by atoms with Gasteiger partial charge in [0.1, 0.15) is 17.1 Å². The summed E-state index contributed by atoms with van der Waals surface area (Å²) in [4.78, 5) is 11.2. The summed E-state index contributed by atoms with van der Waals surface area (Å²) in [5.41, 5.74) is 2.89. The summed E-state index contributed by atoms with van der Waals surface area (Å²) >= 11 is 0. The lowest BCUT2D eigenvalue weighted by Crippen LogP contribution is -2.22. The molecule has 0 saturated carbocycles. The molecule has 2 aromatic rings. The van der Waals surface area contributed by atoms with Crippen LogP contribution in [0.25, 0.3) is 0 Å². The van der Waals surface area contributed by atoms with E-state index in [-0.39, 0.29) is 17.3 Å². The fourth-order valence-corrected chi connectivity index (χ4v) is 2.55. The topological polar surface area (TPSA) is 26.3 Å². The summed E-state index contributed by atoms with van der Waals surface area (Å²) < 4.78 is 5.81. The molecule has 130 valence electrons. The van der Waals surface area contributed by atoms with Gasteiger partial charge in [-0.2, -0.15) is 0 Å². The molecule has 2 nitrogen and oxygen atoms in total. The Morgan fingerprint density at radius 2 is 1.44 bits per heavy atom. The molecule has 0 fully saturated rings. The maximum Gasteiger partial charge on any atom is 0.130 e. The molecule has 0 amide bonds. The van der Waals surface area contributed by atoms with Gasteiger partial charge in [0.2, 0.25) is 0 Å². The van der Waals surface area contributed by atoms with Crippen molar-refractivity contribution in [1.29, 1.82) is 0 Å². The first-order chi connectivity index (χ1) is 11.7. The highest BCUT2D eigenvalue weighted by Crippen LogP contribution is 2.20. The lowest BCUT2D eigenvalue weighted by Gasteiger charge is -2.21. The van der Waals surface area contributed by atoms with Gasteiger partial charge in [-0.25, -0.2) is 0 Å². The van der Waals surface area contributed by atoms with Crippen molar-refractivity contribution in [3.63, 3.8) is 0 Å². The zero-order valence-electron chi connectivity index (χ0n) is 15.7. The number of ketones is 1. The standard InChI is InChI=1S/C23H26O2/c1-17(16-18(2)24)21-12-8-19(9-13-21)6-7-20-10-14-22(15-11-20)25-23(3,4)5/h8-15,17H,16H2,1-5H3. The molecule has 1 atom stereocenters. The monoisotopic (exact) mass is 334 g/mol. The van der Waals surface area contributed by atoms with Gasteiger partial charge in [-0.15, -0.1) is 0 Å². The largest absolute Gasteiger partial charge is 0.488 e. The highest BCUT2D eigenvalue weighted by molar-refractivity contribution is 5.76. The van der Waals surface area contributed by atoms with Crippen LogP contribution in [0.1, 0.15) is 63.6 Å². The normalized spacial score (nSPS) is 12.0. The van der Waals surface area contributed by atoms with Gasteiger partial charge in [-0.1, -0.05) is 30.9 Å². The van der Waals surface area contributed by atoms with Gasteiger partial charge in [-0.05, 0) is 75.6 Å². The number of benzene rings is 2. The fourth-order valence-electron chi connectivity index (χ4n) is 2.55. The first-order valence-corrected chi connectivity index (χ1v) is 8.63. The van der Waals surface area contributed by atoms with E-state index in [1.54, 1.807) is 6.92 Å². The van der Waals surface area contributed by atoms with Crippen LogP contribution in [0.2, 0.25) is 0 Å². The Kier molecular flexibility index (Phi) is 6.04. The Hall–Kier alpha value is -2.53. The SMILES string of the molecule is CC(=O)CC(C)c1ccc(C#Cc2ccc(OC(C)(C)C)cc2)cc1. The van der Waals surface area contributed by atoms with Gasteiger partial charge in [0, 0.05) is 17.5 Å². The summed E-state index contributed by atoms with van der Waals surface area (Å²) in [5, 5.41) is 0. The molecule has 0 heterocycles. The van der Waals surface area contributed by atoms with E-state index in [4.69, 9.17) is 4.74 Å². The van der Waals surface area contributed by atoms with Gasteiger partial charge in [0.15, 0.2) is 0 Å². The van der Waals surface area contributed by atoms with E-state index in [1.807, 2.05) is 57.2 Å². The van der Waals surface area contributed by atoms with Crippen molar-refractivity contribution in [2.75, 3.05) is 0 Å². The van der Waals surface area contributed by atoms with E-state index < -0.39 is 0 Å². The van der Waals surface area contributed by atoms with E-state index in [9.17, 15) is 4.79 Å². The summed E-state index contributed by atoms with van der Waals surface area (Å²) in [6.07, 6.45) is 0.577. The first kappa shape index (κ1) is 18.8. The van der Waals surface area contributed by atoms with Gasteiger partial charge >= 0.3 is 0 Å². The van der Waals surface area contributed by atoms with Crippen LogP contribution in [0.5, 0.6) is 5.75 Å². The molecule has 0 radical (unpaired) electrons. The number of rotatable bonds is 4. The third-order valence-electron chi connectivity index (χ3n) is 3.70.